The predicted octanol–water partition coefficient (Wildman–Crippen LogP) is 0.320. The Labute approximate surface area is 109 Å². The summed E-state index contributed by atoms with van der Waals surface area (Å²) in [6.45, 7) is 2.06. The average Bonchev–Trinajstić information content (AvgIpc) is 2.72. The first-order valence-electron chi connectivity index (χ1n) is 5.58. The molecule has 1 aromatic carbocycles. The lowest BCUT2D eigenvalue weighted by molar-refractivity contribution is -0.118. The van der Waals surface area contributed by atoms with E-state index in [0.717, 1.165) is 0 Å². The van der Waals surface area contributed by atoms with Crippen molar-refractivity contribution >= 4 is 32.5 Å². The third-order valence-corrected chi connectivity index (χ3v) is 3.70. The van der Waals surface area contributed by atoms with Gasteiger partial charge in [-0.15, -0.1) is 0 Å². The highest BCUT2D eigenvalue weighted by Crippen LogP contribution is 2.21. The fourth-order valence-corrected chi connectivity index (χ4v) is 2.56. The molecule has 1 heterocycles. The minimum Gasteiger partial charge on any atom is -0.428 e. The summed E-state index contributed by atoms with van der Waals surface area (Å²) >= 11 is 0. The molecule has 0 bridgehead atoms. The maximum atomic E-state index is 11.9. The second kappa shape index (κ2) is 4.88. The average molecular weight is 283 g/mol. The molecule has 0 atom stereocenters. The van der Waals surface area contributed by atoms with Crippen molar-refractivity contribution in [2.24, 2.45) is 0 Å². The van der Waals surface area contributed by atoms with Crippen LogP contribution >= 0.6 is 0 Å². The standard InChI is InChI=1S/C11H13N3O4S/c1-2-13-10(15)6-19(16,17)11-14-8-4-3-7(12)5-9(8)18-11/h3-5H,2,6,12H2,1H3,(H,13,15). The monoisotopic (exact) mass is 283 g/mol. The number of amides is 1. The van der Waals surface area contributed by atoms with Gasteiger partial charge in [0.25, 0.3) is 0 Å². The Morgan fingerprint density at radius 3 is 2.89 bits per heavy atom. The van der Waals surface area contributed by atoms with Gasteiger partial charge in [-0.25, -0.2) is 8.42 Å². The van der Waals surface area contributed by atoms with Crippen LogP contribution in [-0.2, 0) is 14.6 Å². The molecule has 1 aromatic heterocycles. The molecule has 0 saturated carbocycles. The van der Waals surface area contributed by atoms with Crippen LogP contribution in [0, 0.1) is 0 Å². The molecule has 1 amide bonds. The summed E-state index contributed by atoms with van der Waals surface area (Å²) in [7, 11) is -3.89. The fourth-order valence-electron chi connectivity index (χ4n) is 1.54. The Balaban J connectivity index is 2.35. The molecule has 19 heavy (non-hydrogen) atoms. The number of rotatable bonds is 4. The van der Waals surface area contributed by atoms with Crippen LogP contribution in [0.3, 0.4) is 0 Å². The number of aromatic nitrogens is 1. The summed E-state index contributed by atoms with van der Waals surface area (Å²) in [6.07, 6.45) is 0. The molecule has 0 unspecified atom stereocenters. The zero-order valence-electron chi connectivity index (χ0n) is 10.2. The number of nitrogen functional groups attached to an aromatic ring is 1. The van der Waals surface area contributed by atoms with Crippen LogP contribution in [0.25, 0.3) is 11.1 Å². The van der Waals surface area contributed by atoms with Gasteiger partial charge in [-0.05, 0) is 19.1 Å². The molecule has 0 aliphatic rings. The van der Waals surface area contributed by atoms with Crippen LogP contribution in [-0.4, -0.2) is 31.6 Å². The first-order valence-corrected chi connectivity index (χ1v) is 7.23. The molecule has 102 valence electrons. The second-order valence-electron chi connectivity index (χ2n) is 3.92. The lowest BCUT2D eigenvalue weighted by Crippen LogP contribution is -2.30. The number of hydrogen-bond acceptors (Lipinski definition) is 6. The maximum Gasteiger partial charge on any atom is 0.316 e. The molecule has 3 N–H and O–H groups in total. The molecule has 0 spiro atoms. The van der Waals surface area contributed by atoms with E-state index < -0.39 is 26.7 Å². The number of nitrogens with one attached hydrogen (secondary N) is 1. The summed E-state index contributed by atoms with van der Waals surface area (Å²) in [6, 6.07) is 4.62. The SMILES string of the molecule is CCNC(=O)CS(=O)(=O)c1nc2ccc(N)cc2o1. The van der Waals surface area contributed by atoms with Crippen LogP contribution in [0.1, 0.15) is 6.92 Å². The van der Waals surface area contributed by atoms with Crippen molar-refractivity contribution in [1.82, 2.24) is 10.3 Å². The molecule has 0 radical (unpaired) electrons. The van der Waals surface area contributed by atoms with E-state index in [9.17, 15) is 13.2 Å². The predicted molar refractivity (Wildman–Crippen MR) is 69.2 cm³/mol. The summed E-state index contributed by atoms with van der Waals surface area (Å²) in [5.41, 5.74) is 6.65. The van der Waals surface area contributed by atoms with E-state index in [1.807, 2.05) is 0 Å². The smallest absolute Gasteiger partial charge is 0.316 e. The van der Waals surface area contributed by atoms with E-state index >= 15 is 0 Å². The number of carbonyl (C=O) groups excluding carboxylic acids is 1. The molecule has 0 aliphatic carbocycles. The molecule has 0 saturated heterocycles. The molecule has 2 aromatic rings. The number of benzene rings is 1. The van der Waals surface area contributed by atoms with Crippen LogP contribution in [0.5, 0.6) is 0 Å². The number of anilines is 1. The van der Waals surface area contributed by atoms with Gasteiger partial charge in [0.2, 0.25) is 15.7 Å². The Morgan fingerprint density at radius 2 is 2.21 bits per heavy atom. The van der Waals surface area contributed by atoms with Crippen molar-refractivity contribution < 1.29 is 17.6 Å². The molecule has 0 fully saturated rings. The Kier molecular flexibility index (Phi) is 3.43. The van der Waals surface area contributed by atoms with Gasteiger partial charge in [0.15, 0.2) is 5.58 Å². The number of hydrogen-bond donors (Lipinski definition) is 2. The fraction of sp³-hybridized carbons (Fsp3) is 0.273. The van der Waals surface area contributed by atoms with E-state index in [-0.39, 0.29) is 5.58 Å². The molecular formula is C11H13N3O4S. The zero-order valence-corrected chi connectivity index (χ0v) is 11.0. The Bertz CT molecular complexity index is 721. The number of nitrogens with zero attached hydrogens (tertiary/aromatic N) is 1. The summed E-state index contributed by atoms with van der Waals surface area (Å²) in [5.74, 6) is -1.28. The van der Waals surface area contributed by atoms with Gasteiger partial charge >= 0.3 is 5.22 Å². The van der Waals surface area contributed by atoms with Gasteiger partial charge in [-0.2, -0.15) is 4.98 Å². The number of fused-ring (bicyclic) bond motifs is 1. The molecule has 7 nitrogen and oxygen atoms in total. The first-order chi connectivity index (χ1) is 8.92. The second-order valence-corrected chi connectivity index (χ2v) is 5.79. The third kappa shape index (κ3) is 2.84. The van der Waals surface area contributed by atoms with Gasteiger partial charge < -0.3 is 15.5 Å². The van der Waals surface area contributed by atoms with Gasteiger partial charge in [0.1, 0.15) is 11.3 Å². The molecule has 8 heteroatoms. The highest BCUT2D eigenvalue weighted by Gasteiger charge is 2.25. The normalized spacial score (nSPS) is 11.6. The van der Waals surface area contributed by atoms with Gasteiger partial charge in [-0.1, -0.05) is 0 Å². The Hall–Kier alpha value is -2.09. The van der Waals surface area contributed by atoms with E-state index in [0.29, 0.717) is 17.7 Å². The van der Waals surface area contributed by atoms with E-state index in [2.05, 4.69) is 10.3 Å². The van der Waals surface area contributed by atoms with Crippen molar-refractivity contribution in [1.29, 1.82) is 0 Å². The summed E-state index contributed by atoms with van der Waals surface area (Å²) < 4.78 is 29.0. The van der Waals surface area contributed by atoms with Crippen LogP contribution in [0.4, 0.5) is 5.69 Å². The molecule has 2 rings (SSSR count). The minimum absolute atomic E-state index is 0.273. The molecular weight excluding hydrogens is 270 g/mol. The largest absolute Gasteiger partial charge is 0.428 e. The van der Waals surface area contributed by atoms with Crippen molar-refractivity contribution in [2.75, 3.05) is 18.0 Å². The topological polar surface area (TPSA) is 115 Å². The minimum atomic E-state index is -3.89. The van der Waals surface area contributed by atoms with Gasteiger partial charge in [0, 0.05) is 18.3 Å². The van der Waals surface area contributed by atoms with Gasteiger partial charge in [0.05, 0.1) is 0 Å². The number of carbonyl (C=O) groups is 1. The van der Waals surface area contributed by atoms with Crippen LogP contribution in [0.2, 0.25) is 0 Å². The van der Waals surface area contributed by atoms with Crippen molar-refractivity contribution in [2.45, 2.75) is 12.1 Å². The van der Waals surface area contributed by atoms with E-state index in [4.69, 9.17) is 10.2 Å². The highest BCUT2D eigenvalue weighted by molar-refractivity contribution is 7.91. The maximum absolute atomic E-state index is 11.9. The summed E-state index contributed by atoms with van der Waals surface area (Å²) in [5, 5.41) is 1.93. The van der Waals surface area contributed by atoms with Crippen LogP contribution < -0.4 is 11.1 Å². The van der Waals surface area contributed by atoms with Crippen LogP contribution in [0.15, 0.2) is 27.8 Å². The Morgan fingerprint density at radius 1 is 1.47 bits per heavy atom. The third-order valence-electron chi connectivity index (χ3n) is 2.35. The lowest BCUT2D eigenvalue weighted by atomic mass is 10.3. The number of nitrogens with two attached hydrogens (primary N) is 1. The quantitative estimate of drug-likeness (QED) is 0.781. The van der Waals surface area contributed by atoms with E-state index in [1.54, 1.807) is 19.1 Å². The van der Waals surface area contributed by atoms with Crippen molar-refractivity contribution in [3.8, 4) is 0 Å². The van der Waals surface area contributed by atoms with Crippen molar-refractivity contribution in [3.63, 3.8) is 0 Å². The highest BCUT2D eigenvalue weighted by atomic mass is 32.2. The first kappa shape index (κ1) is 13.3. The summed E-state index contributed by atoms with van der Waals surface area (Å²) in [4.78, 5) is 15.2. The zero-order chi connectivity index (χ0) is 14.0. The lowest BCUT2D eigenvalue weighted by Gasteiger charge is -2.00. The van der Waals surface area contributed by atoms with Gasteiger partial charge in [-0.3, -0.25) is 4.79 Å². The number of sulfone groups is 1. The molecule has 0 aliphatic heterocycles. The van der Waals surface area contributed by atoms with Crippen molar-refractivity contribution in [3.05, 3.63) is 18.2 Å². The van der Waals surface area contributed by atoms with E-state index in [1.165, 1.54) is 6.07 Å². The number of oxazole rings is 1.